The maximum atomic E-state index is 12.4. The summed E-state index contributed by atoms with van der Waals surface area (Å²) in [5, 5.41) is 0. The molecule has 0 bridgehead atoms. The molecule has 0 saturated heterocycles. The molecular formula is C15H13BrO3. The molecule has 0 aliphatic rings. The topological polar surface area (TPSA) is 35.5 Å². The second kappa shape index (κ2) is 6.50. The van der Waals surface area contributed by atoms with Crippen molar-refractivity contribution in [3.63, 3.8) is 0 Å². The van der Waals surface area contributed by atoms with Crippen LogP contribution in [0.5, 0.6) is 5.75 Å². The summed E-state index contributed by atoms with van der Waals surface area (Å²) in [5.41, 5.74) is 1.15. The molecule has 0 amide bonds. The highest BCUT2D eigenvalue weighted by Gasteiger charge is 2.14. The van der Waals surface area contributed by atoms with E-state index in [1.807, 2.05) is 24.3 Å². The third-order valence-electron chi connectivity index (χ3n) is 2.56. The molecule has 2 aromatic rings. The van der Waals surface area contributed by atoms with Gasteiger partial charge in [-0.2, -0.15) is 0 Å². The molecule has 19 heavy (non-hydrogen) atoms. The first kappa shape index (κ1) is 13.8. The lowest BCUT2D eigenvalue weighted by Gasteiger charge is -2.10. The van der Waals surface area contributed by atoms with E-state index in [0.29, 0.717) is 16.9 Å². The molecule has 0 atom stereocenters. The Balaban J connectivity index is 2.36. The van der Waals surface area contributed by atoms with Crippen LogP contribution in [0.4, 0.5) is 0 Å². The van der Waals surface area contributed by atoms with E-state index in [1.54, 1.807) is 24.3 Å². The van der Waals surface area contributed by atoms with Gasteiger partial charge < -0.3 is 9.47 Å². The fourth-order valence-electron chi connectivity index (χ4n) is 1.67. The molecule has 98 valence electrons. The second-order valence-electron chi connectivity index (χ2n) is 3.89. The predicted molar refractivity (Wildman–Crippen MR) is 76.5 cm³/mol. The fraction of sp³-hybridized carbons (Fsp3) is 0.133. The number of methoxy groups -OCH3 is 1. The molecule has 2 aromatic carbocycles. The molecule has 0 fully saturated rings. The van der Waals surface area contributed by atoms with Gasteiger partial charge in [-0.25, -0.2) is 0 Å². The number of benzene rings is 2. The molecule has 0 N–H and O–H groups in total. The molecule has 0 aliphatic heterocycles. The average molecular weight is 321 g/mol. The van der Waals surface area contributed by atoms with Gasteiger partial charge in [-0.1, -0.05) is 46.3 Å². The van der Waals surface area contributed by atoms with E-state index in [1.165, 1.54) is 7.11 Å². The van der Waals surface area contributed by atoms with E-state index in [0.717, 1.165) is 4.47 Å². The summed E-state index contributed by atoms with van der Waals surface area (Å²) in [4.78, 5) is 12.4. The highest BCUT2D eigenvalue weighted by atomic mass is 79.9. The van der Waals surface area contributed by atoms with Crippen LogP contribution in [0.1, 0.15) is 15.9 Å². The number of carbonyl (C=O) groups excluding carboxylic acids is 1. The van der Waals surface area contributed by atoms with Crippen LogP contribution in [-0.2, 0) is 4.74 Å². The van der Waals surface area contributed by atoms with E-state index in [2.05, 4.69) is 15.9 Å². The first-order valence-electron chi connectivity index (χ1n) is 5.73. The Morgan fingerprint density at radius 2 is 1.89 bits per heavy atom. The minimum absolute atomic E-state index is 0.0702. The van der Waals surface area contributed by atoms with Gasteiger partial charge in [-0.05, 0) is 18.2 Å². The van der Waals surface area contributed by atoms with Crippen molar-refractivity contribution in [2.45, 2.75) is 0 Å². The van der Waals surface area contributed by atoms with E-state index < -0.39 is 0 Å². The Hall–Kier alpha value is -1.65. The molecule has 0 heterocycles. The largest absolute Gasteiger partial charge is 0.467 e. The van der Waals surface area contributed by atoms with Crippen molar-refractivity contribution in [3.8, 4) is 5.75 Å². The average Bonchev–Trinajstić information content (AvgIpc) is 2.45. The first-order valence-corrected chi connectivity index (χ1v) is 6.52. The van der Waals surface area contributed by atoms with Gasteiger partial charge in [0.2, 0.25) is 0 Å². The lowest BCUT2D eigenvalue weighted by atomic mass is 10.0. The number of ether oxygens (including phenoxy) is 2. The van der Waals surface area contributed by atoms with Gasteiger partial charge in [0, 0.05) is 17.1 Å². The molecule has 4 heteroatoms. The number of hydrogen-bond acceptors (Lipinski definition) is 3. The predicted octanol–water partition coefficient (Wildman–Crippen LogP) is 3.66. The van der Waals surface area contributed by atoms with Gasteiger partial charge >= 0.3 is 0 Å². The number of rotatable bonds is 5. The van der Waals surface area contributed by atoms with Gasteiger partial charge in [0.05, 0.1) is 5.56 Å². The Labute approximate surface area is 120 Å². The van der Waals surface area contributed by atoms with E-state index in [-0.39, 0.29) is 12.6 Å². The zero-order valence-electron chi connectivity index (χ0n) is 10.4. The third-order valence-corrected chi connectivity index (χ3v) is 3.05. The Kier molecular flexibility index (Phi) is 4.71. The van der Waals surface area contributed by atoms with Crippen molar-refractivity contribution in [1.29, 1.82) is 0 Å². The summed E-state index contributed by atoms with van der Waals surface area (Å²) in [6.07, 6.45) is 0. The smallest absolute Gasteiger partial charge is 0.196 e. The van der Waals surface area contributed by atoms with Crippen LogP contribution in [0.25, 0.3) is 0 Å². The SMILES string of the molecule is COCOc1cc(Br)ccc1C(=O)c1ccccc1. The molecule has 0 aliphatic carbocycles. The minimum atomic E-state index is -0.0702. The van der Waals surface area contributed by atoms with Gasteiger partial charge in [0.1, 0.15) is 5.75 Å². The summed E-state index contributed by atoms with van der Waals surface area (Å²) in [6, 6.07) is 14.4. The normalized spacial score (nSPS) is 10.2. The quantitative estimate of drug-likeness (QED) is 0.623. The van der Waals surface area contributed by atoms with Crippen molar-refractivity contribution >= 4 is 21.7 Å². The summed E-state index contributed by atoms with van der Waals surface area (Å²) >= 11 is 3.36. The van der Waals surface area contributed by atoms with Gasteiger partial charge in [0.25, 0.3) is 0 Å². The van der Waals surface area contributed by atoms with Crippen LogP contribution in [0.3, 0.4) is 0 Å². The lowest BCUT2D eigenvalue weighted by molar-refractivity contribution is 0.0503. The van der Waals surface area contributed by atoms with Crippen molar-refractivity contribution < 1.29 is 14.3 Å². The van der Waals surface area contributed by atoms with Gasteiger partial charge in [-0.3, -0.25) is 4.79 Å². The Morgan fingerprint density at radius 1 is 1.16 bits per heavy atom. The van der Waals surface area contributed by atoms with E-state index in [9.17, 15) is 4.79 Å². The molecular weight excluding hydrogens is 308 g/mol. The molecule has 0 aromatic heterocycles. The zero-order valence-corrected chi connectivity index (χ0v) is 12.0. The number of hydrogen-bond donors (Lipinski definition) is 0. The minimum Gasteiger partial charge on any atom is -0.467 e. The maximum Gasteiger partial charge on any atom is 0.196 e. The van der Waals surface area contributed by atoms with Crippen LogP contribution in [0, 0.1) is 0 Å². The zero-order chi connectivity index (χ0) is 13.7. The number of halogens is 1. The van der Waals surface area contributed by atoms with Crippen molar-refractivity contribution in [1.82, 2.24) is 0 Å². The van der Waals surface area contributed by atoms with Gasteiger partial charge in [0.15, 0.2) is 12.6 Å². The highest BCUT2D eigenvalue weighted by Crippen LogP contribution is 2.26. The maximum absolute atomic E-state index is 12.4. The molecule has 0 unspecified atom stereocenters. The second-order valence-corrected chi connectivity index (χ2v) is 4.80. The standard InChI is InChI=1S/C15H13BrO3/c1-18-10-19-14-9-12(16)7-8-13(14)15(17)11-5-3-2-4-6-11/h2-9H,10H2,1H3. The van der Waals surface area contributed by atoms with Crippen LogP contribution >= 0.6 is 15.9 Å². The number of carbonyl (C=O) groups is 1. The summed E-state index contributed by atoms with van der Waals surface area (Å²) < 4.78 is 11.2. The van der Waals surface area contributed by atoms with Crippen molar-refractivity contribution in [3.05, 3.63) is 64.1 Å². The van der Waals surface area contributed by atoms with Crippen LogP contribution in [0.15, 0.2) is 53.0 Å². The Bertz CT molecular complexity index is 567. The Morgan fingerprint density at radius 3 is 2.58 bits per heavy atom. The summed E-state index contributed by atoms with van der Waals surface area (Å²) in [6.45, 7) is 0.103. The van der Waals surface area contributed by atoms with E-state index in [4.69, 9.17) is 9.47 Å². The third kappa shape index (κ3) is 3.43. The highest BCUT2D eigenvalue weighted by molar-refractivity contribution is 9.10. The number of ketones is 1. The molecule has 0 radical (unpaired) electrons. The van der Waals surface area contributed by atoms with Crippen LogP contribution in [-0.4, -0.2) is 19.7 Å². The fourth-order valence-corrected chi connectivity index (χ4v) is 2.01. The summed E-state index contributed by atoms with van der Waals surface area (Å²) in [7, 11) is 1.54. The van der Waals surface area contributed by atoms with Gasteiger partial charge in [-0.15, -0.1) is 0 Å². The van der Waals surface area contributed by atoms with Crippen molar-refractivity contribution in [2.75, 3.05) is 13.9 Å². The first-order chi connectivity index (χ1) is 9.22. The van der Waals surface area contributed by atoms with E-state index >= 15 is 0 Å². The van der Waals surface area contributed by atoms with Crippen LogP contribution < -0.4 is 4.74 Å². The molecule has 0 saturated carbocycles. The van der Waals surface area contributed by atoms with Crippen molar-refractivity contribution in [2.24, 2.45) is 0 Å². The monoisotopic (exact) mass is 320 g/mol. The summed E-state index contributed by atoms with van der Waals surface area (Å²) in [5.74, 6) is 0.435. The molecule has 0 spiro atoms. The molecule has 3 nitrogen and oxygen atoms in total. The van der Waals surface area contributed by atoms with Crippen LogP contribution in [0.2, 0.25) is 0 Å². The molecule has 2 rings (SSSR count). The lowest BCUT2D eigenvalue weighted by Crippen LogP contribution is -2.07.